The largest absolute Gasteiger partial charge is 0.458 e. The van der Waals surface area contributed by atoms with Crippen LogP contribution in [0.25, 0.3) is 11.0 Å². The Balaban J connectivity index is 1.94. The van der Waals surface area contributed by atoms with E-state index in [9.17, 15) is 18.4 Å². The Morgan fingerprint density at radius 2 is 1.76 bits per heavy atom. The standard InChI is InChI=1S/C31H32F2N2O3/c1-19(2)28(35(15-7-14-34)31(37)22-11-10-20(3)26(33)17-22)30-25(16-21-8-5-4-6-9-21)29(36)24-13-12-23(32)18-27(24)38-30/h4-6,8-13,17-19,28H,7,14-16,34H2,1-3H3. The molecule has 38 heavy (non-hydrogen) atoms. The molecular weight excluding hydrogens is 486 g/mol. The molecule has 5 nitrogen and oxygen atoms in total. The van der Waals surface area contributed by atoms with Crippen LogP contribution in [-0.2, 0) is 6.42 Å². The Kier molecular flexibility index (Phi) is 8.37. The Morgan fingerprint density at radius 3 is 2.42 bits per heavy atom. The number of benzene rings is 3. The summed E-state index contributed by atoms with van der Waals surface area (Å²) in [7, 11) is 0. The predicted molar refractivity (Wildman–Crippen MR) is 145 cm³/mol. The van der Waals surface area contributed by atoms with Gasteiger partial charge in [0.2, 0.25) is 0 Å². The van der Waals surface area contributed by atoms with Gasteiger partial charge in [0.25, 0.3) is 5.91 Å². The molecule has 1 amide bonds. The molecular formula is C31H32F2N2O3. The predicted octanol–water partition coefficient (Wildman–Crippen LogP) is 6.16. The van der Waals surface area contributed by atoms with Gasteiger partial charge in [0.15, 0.2) is 5.43 Å². The van der Waals surface area contributed by atoms with E-state index >= 15 is 0 Å². The number of nitrogens with two attached hydrogens (primary N) is 1. The first-order valence-corrected chi connectivity index (χ1v) is 12.8. The highest BCUT2D eigenvalue weighted by Gasteiger charge is 2.34. The minimum Gasteiger partial charge on any atom is -0.458 e. The van der Waals surface area contributed by atoms with Gasteiger partial charge in [-0.15, -0.1) is 0 Å². The van der Waals surface area contributed by atoms with Crippen LogP contribution in [0.15, 0.2) is 75.9 Å². The van der Waals surface area contributed by atoms with E-state index in [-0.39, 0.29) is 40.8 Å². The van der Waals surface area contributed by atoms with Gasteiger partial charge in [-0.1, -0.05) is 50.2 Å². The molecule has 0 aliphatic heterocycles. The second kappa shape index (κ2) is 11.7. The van der Waals surface area contributed by atoms with Crippen molar-refractivity contribution in [1.29, 1.82) is 0 Å². The van der Waals surface area contributed by atoms with Crippen molar-refractivity contribution in [2.24, 2.45) is 11.7 Å². The lowest BCUT2D eigenvalue weighted by Gasteiger charge is -2.35. The van der Waals surface area contributed by atoms with Crippen molar-refractivity contribution in [1.82, 2.24) is 4.90 Å². The van der Waals surface area contributed by atoms with Crippen molar-refractivity contribution in [2.75, 3.05) is 13.1 Å². The van der Waals surface area contributed by atoms with Crippen molar-refractivity contribution in [3.63, 3.8) is 0 Å². The highest BCUT2D eigenvalue weighted by atomic mass is 19.1. The Morgan fingerprint density at radius 1 is 1.03 bits per heavy atom. The average Bonchev–Trinajstić information content (AvgIpc) is 2.89. The minimum atomic E-state index is -0.683. The van der Waals surface area contributed by atoms with Crippen LogP contribution in [0.4, 0.5) is 8.78 Å². The Bertz CT molecular complexity index is 1500. The fraction of sp³-hybridized carbons (Fsp3) is 0.290. The van der Waals surface area contributed by atoms with Gasteiger partial charge in [-0.25, -0.2) is 8.78 Å². The average molecular weight is 519 g/mol. The van der Waals surface area contributed by atoms with Gasteiger partial charge in [0.1, 0.15) is 23.0 Å². The molecule has 0 bridgehead atoms. The molecule has 0 aliphatic rings. The molecule has 0 spiro atoms. The SMILES string of the molecule is Cc1ccc(C(=O)N(CCCN)C(c2oc3cc(F)ccc3c(=O)c2Cc2ccccc2)C(C)C)cc1F. The second-order valence-electron chi connectivity index (χ2n) is 9.87. The number of halogens is 2. The zero-order valence-electron chi connectivity index (χ0n) is 21.8. The van der Waals surface area contributed by atoms with Crippen molar-refractivity contribution in [3.8, 4) is 0 Å². The molecule has 0 aliphatic carbocycles. The van der Waals surface area contributed by atoms with Crippen LogP contribution in [0.3, 0.4) is 0 Å². The van der Waals surface area contributed by atoms with Gasteiger partial charge < -0.3 is 15.1 Å². The molecule has 4 rings (SSSR count). The molecule has 0 fully saturated rings. The van der Waals surface area contributed by atoms with Gasteiger partial charge in [0.05, 0.1) is 11.4 Å². The maximum atomic E-state index is 14.4. The normalized spacial score (nSPS) is 12.2. The first-order chi connectivity index (χ1) is 18.2. The summed E-state index contributed by atoms with van der Waals surface area (Å²) in [6.45, 7) is 6.08. The molecule has 0 saturated carbocycles. The Hall–Kier alpha value is -3.84. The quantitative estimate of drug-likeness (QED) is 0.288. The van der Waals surface area contributed by atoms with Gasteiger partial charge in [-0.05, 0) is 61.2 Å². The summed E-state index contributed by atoms with van der Waals surface area (Å²) in [5, 5.41) is 0.268. The van der Waals surface area contributed by atoms with Crippen molar-refractivity contribution < 1.29 is 18.0 Å². The number of fused-ring (bicyclic) bond motifs is 1. The molecule has 0 saturated heterocycles. The summed E-state index contributed by atoms with van der Waals surface area (Å²) in [4.78, 5) is 29.2. The molecule has 0 radical (unpaired) electrons. The van der Waals surface area contributed by atoms with Crippen LogP contribution in [0.1, 0.15) is 59.1 Å². The molecule has 198 valence electrons. The van der Waals surface area contributed by atoms with Crippen LogP contribution in [0, 0.1) is 24.5 Å². The molecule has 1 atom stereocenters. The number of hydrogen-bond donors (Lipinski definition) is 1. The van der Waals surface area contributed by atoms with E-state index in [0.29, 0.717) is 29.9 Å². The fourth-order valence-corrected chi connectivity index (χ4v) is 4.75. The van der Waals surface area contributed by atoms with E-state index in [2.05, 4.69) is 0 Å². The van der Waals surface area contributed by atoms with E-state index in [1.54, 1.807) is 24.0 Å². The number of rotatable bonds is 9. The molecule has 1 unspecified atom stereocenters. The van der Waals surface area contributed by atoms with Crippen molar-refractivity contribution >= 4 is 16.9 Å². The molecule has 2 N–H and O–H groups in total. The molecule has 4 aromatic rings. The van der Waals surface area contributed by atoms with Gasteiger partial charge >= 0.3 is 0 Å². The number of amides is 1. The number of hydrogen-bond acceptors (Lipinski definition) is 4. The monoisotopic (exact) mass is 518 g/mol. The number of carbonyl (C=O) groups excluding carboxylic acids is 1. The zero-order valence-corrected chi connectivity index (χ0v) is 21.8. The van der Waals surface area contributed by atoms with E-state index in [0.717, 1.165) is 5.56 Å². The smallest absolute Gasteiger partial charge is 0.254 e. The fourth-order valence-electron chi connectivity index (χ4n) is 4.75. The summed E-state index contributed by atoms with van der Waals surface area (Å²) >= 11 is 0. The van der Waals surface area contributed by atoms with E-state index in [1.807, 2.05) is 44.2 Å². The maximum absolute atomic E-state index is 14.4. The van der Waals surface area contributed by atoms with Gasteiger partial charge in [-0.3, -0.25) is 9.59 Å². The highest BCUT2D eigenvalue weighted by Crippen LogP contribution is 2.34. The van der Waals surface area contributed by atoms with Gasteiger partial charge in [0, 0.05) is 30.2 Å². The topological polar surface area (TPSA) is 76.5 Å². The van der Waals surface area contributed by atoms with E-state index in [4.69, 9.17) is 10.2 Å². The number of carbonyl (C=O) groups is 1. The van der Waals surface area contributed by atoms with Crippen LogP contribution < -0.4 is 11.2 Å². The van der Waals surface area contributed by atoms with Gasteiger partial charge in [-0.2, -0.15) is 0 Å². The molecule has 1 heterocycles. The van der Waals surface area contributed by atoms with Crippen molar-refractivity contribution in [2.45, 2.75) is 39.7 Å². The van der Waals surface area contributed by atoms with Crippen LogP contribution in [0.5, 0.6) is 0 Å². The summed E-state index contributed by atoms with van der Waals surface area (Å²) in [6.07, 6.45) is 0.761. The third kappa shape index (κ3) is 5.68. The van der Waals surface area contributed by atoms with Crippen molar-refractivity contribution in [3.05, 3.63) is 117 Å². The number of aryl methyl sites for hydroxylation is 1. The summed E-state index contributed by atoms with van der Waals surface area (Å²) in [5.74, 6) is -1.31. The first kappa shape index (κ1) is 27.2. The van der Waals surface area contributed by atoms with Crippen LogP contribution >= 0.6 is 0 Å². The van der Waals surface area contributed by atoms with Crippen LogP contribution in [-0.4, -0.2) is 23.9 Å². The lowest BCUT2D eigenvalue weighted by molar-refractivity contribution is 0.0587. The maximum Gasteiger partial charge on any atom is 0.254 e. The van der Waals surface area contributed by atoms with Crippen LogP contribution in [0.2, 0.25) is 0 Å². The summed E-state index contributed by atoms with van der Waals surface area (Å²) in [6, 6.07) is 17.0. The number of nitrogens with zero attached hydrogens (tertiary/aromatic N) is 1. The van der Waals surface area contributed by atoms with E-state index in [1.165, 1.54) is 24.3 Å². The summed E-state index contributed by atoms with van der Waals surface area (Å²) in [5.41, 5.74) is 7.56. The van der Waals surface area contributed by atoms with E-state index < -0.39 is 23.6 Å². The molecule has 1 aromatic heterocycles. The third-order valence-electron chi connectivity index (χ3n) is 6.72. The lowest BCUT2D eigenvalue weighted by Crippen LogP contribution is -2.40. The second-order valence-corrected chi connectivity index (χ2v) is 9.87. The minimum absolute atomic E-state index is 0.111. The third-order valence-corrected chi connectivity index (χ3v) is 6.72. The Labute approximate surface area is 220 Å². The zero-order chi connectivity index (χ0) is 27.4. The first-order valence-electron chi connectivity index (χ1n) is 12.8. The summed E-state index contributed by atoms with van der Waals surface area (Å²) < 4.78 is 34.9. The molecule has 3 aromatic carbocycles. The highest BCUT2D eigenvalue weighted by molar-refractivity contribution is 5.94. The molecule has 7 heteroatoms. The lowest BCUT2D eigenvalue weighted by atomic mass is 9.91.